The number of aromatic nitrogens is 2. The standard InChI is InChI=1S/C21H21F2N5O2S/c22-13-2-1-3-14(23)18(13)16-5-4-15(24)19(27-16)20(29)28-17-10-26-31-21(17)30-11-12-6-8-25-9-7-12/h1-5,10,12,25H,6-9,11,24H2,(H,28,29). The maximum absolute atomic E-state index is 14.1. The zero-order valence-electron chi connectivity index (χ0n) is 16.5. The second-order valence-corrected chi connectivity index (χ2v) is 7.98. The van der Waals surface area contributed by atoms with Gasteiger partial charge in [-0.3, -0.25) is 4.79 Å². The number of carbonyl (C=O) groups is 1. The third-order valence-corrected chi connectivity index (χ3v) is 5.77. The number of nitrogens with zero attached hydrogens (tertiary/aromatic N) is 2. The summed E-state index contributed by atoms with van der Waals surface area (Å²) in [4.78, 5) is 16.9. The lowest BCUT2D eigenvalue weighted by Gasteiger charge is -2.22. The molecule has 0 spiro atoms. The fraction of sp³-hybridized carbons (Fsp3) is 0.286. The van der Waals surface area contributed by atoms with Crippen LogP contribution < -0.4 is 21.1 Å². The van der Waals surface area contributed by atoms with Crippen LogP contribution in [0.15, 0.2) is 36.5 Å². The van der Waals surface area contributed by atoms with E-state index < -0.39 is 17.5 Å². The molecule has 3 aromatic rings. The normalized spacial score (nSPS) is 14.4. The van der Waals surface area contributed by atoms with Gasteiger partial charge < -0.3 is 21.1 Å². The van der Waals surface area contributed by atoms with E-state index in [0.29, 0.717) is 23.3 Å². The van der Waals surface area contributed by atoms with E-state index >= 15 is 0 Å². The Balaban J connectivity index is 1.51. The summed E-state index contributed by atoms with van der Waals surface area (Å²) in [5, 5.41) is 6.48. The molecule has 0 unspecified atom stereocenters. The van der Waals surface area contributed by atoms with Crippen molar-refractivity contribution >= 4 is 28.8 Å². The van der Waals surface area contributed by atoms with Crippen LogP contribution in [0, 0.1) is 17.6 Å². The first-order chi connectivity index (χ1) is 15.0. The van der Waals surface area contributed by atoms with E-state index in [1.165, 1.54) is 24.4 Å². The van der Waals surface area contributed by atoms with E-state index in [-0.39, 0.29) is 22.6 Å². The number of ether oxygens (including phenoxy) is 1. The summed E-state index contributed by atoms with van der Waals surface area (Å²) in [5.74, 6) is -1.74. The molecule has 4 rings (SSSR count). The molecule has 1 fully saturated rings. The average molecular weight is 445 g/mol. The van der Waals surface area contributed by atoms with Crippen molar-refractivity contribution < 1.29 is 18.3 Å². The zero-order chi connectivity index (χ0) is 21.8. The van der Waals surface area contributed by atoms with Gasteiger partial charge in [0, 0.05) is 11.5 Å². The number of nitrogens with one attached hydrogen (secondary N) is 2. The highest BCUT2D eigenvalue weighted by molar-refractivity contribution is 7.08. The number of benzene rings is 1. The molecule has 1 saturated heterocycles. The number of anilines is 2. The van der Waals surface area contributed by atoms with Gasteiger partial charge in [0.15, 0.2) is 5.69 Å². The van der Waals surface area contributed by atoms with E-state index in [4.69, 9.17) is 10.5 Å². The van der Waals surface area contributed by atoms with Crippen LogP contribution in [-0.4, -0.2) is 35.0 Å². The van der Waals surface area contributed by atoms with Crippen LogP contribution in [0.25, 0.3) is 11.3 Å². The van der Waals surface area contributed by atoms with Gasteiger partial charge in [-0.05, 0) is 56.1 Å². The number of amides is 1. The third-order valence-electron chi connectivity index (χ3n) is 5.05. The molecule has 3 heterocycles. The second-order valence-electron chi connectivity index (χ2n) is 7.22. The topological polar surface area (TPSA) is 102 Å². The Kier molecular flexibility index (Phi) is 6.38. The van der Waals surface area contributed by atoms with E-state index in [2.05, 4.69) is 20.0 Å². The van der Waals surface area contributed by atoms with Gasteiger partial charge in [-0.15, -0.1) is 0 Å². The van der Waals surface area contributed by atoms with Gasteiger partial charge in [0.05, 0.1) is 29.7 Å². The lowest BCUT2D eigenvalue weighted by atomic mass is 9.99. The minimum Gasteiger partial charge on any atom is -0.481 e. The summed E-state index contributed by atoms with van der Waals surface area (Å²) in [6.45, 7) is 2.46. The van der Waals surface area contributed by atoms with E-state index in [1.807, 2.05) is 0 Å². The molecule has 0 atom stereocenters. The first-order valence-corrected chi connectivity index (χ1v) is 10.6. The minimum absolute atomic E-state index is 0.0271. The number of nitrogens with two attached hydrogens (primary N) is 1. The van der Waals surface area contributed by atoms with Gasteiger partial charge in [-0.1, -0.05) is 6.07 Å². The first kappa shape index (κ1) is 21.1. The molecule has 0 bridgehead atoms. The van der Waals surface area contributed by atoms with E-state index in [9.17, 15) is 13.6 Å². The number of halogens is 2. The monoisotopic (exact) mass is 445 g/mol. The predicted octanol–water partition coefficient (Wildman–Crippen LogP) is 3.70. The number of hydrogen-bond donors (Lipinski definition) is 3. The van der Waals surface area contributed by atoms with Crippen molar-refractivity contribution in [2.24, 2.45) is 5.92 Å². The number of carbonyl (C=O) groups excluding carboxylic acids is 1. The summed E-state index contributed by atoms with van der Waals surface area (Å²) in [7, 11) is 0. The maximum atomic E-state index is 14.1. The van der Waals surface area contributed by atoms with Crippen LogP contribution >= 0.6 is 11.5 Å². The molecule has 4 N–H and O–H groups in total. The number of hydrogen-bond acceptors (Lipinski definition) is 7. The Hall–Kier alpha value is -3.11. The highest BCUT2D eigenvalue weighted by Gasteiger charge is 2.20. The average Bonchev–Trinajstić information content (AvgIpc) is 3.20. The maximum Gasteiger partial charge on any atom is 0.276 e. The first-order valence-electron chi connectivity index (χ1n) is 9.83. The minimum atomic E-state index is -0.778. The Morgan fingerprint density at radius 1 is 1.23 bits per heavy atom. The molecular weight excluding hydrogens is 424 g/mol. The summed E-state index contributed by atoms with van der Waals surface area (Å²) in [6, 6.07) is 6.27. The van der Waals surface area contributed by atoms with Crippen molar-refractivity contribution in [2.75, 3.05) is 30.7 Å². The fourth-order valence-electron chi connectivity index (χ4n) is 3.37. The molecule has 0 aliphatic carbocycles. The van der Waals surface area contributed by atoms with Gasteiger partial charge >= 0.3 is 0 Å². The van der Waals surface area contributed by atoms with Crippen molar-refractivity contribution in [3.8, 4) is 16.3 Å². The van der Waals surface area contributed by atoms with Crippen LogP contribution in [-0.2, 0) is 0 Å². The molecule has 1 amide bonds. The van der Waals surface area contributed by atoms with Crippen LogP contribution in [0.5, 0.6) is 5.06 Å². The smallest absolute Gasteiger partial charge is 0.276 e. The molecule has 162 valence electrons. The Morgan fingerprint density at radius 3 is 2.71 bits per heavy atom. The third kappa shape index (κ3) is 4.80. The molecule has 0 radical (unpaired) electrons. The van der Waals surface area contributed by atoms with Crippen molar-refractivity contribution in [3.63, 3.8) is 0 Å². The number of nitrogen functional groups attached to an aromatic ring is 1. The summed E-state index contributed by atoms with van der Waals surface area (Å²) in [5.41, 5.74) is 5.89. The molecule has 31 heavy (non-hydrogen) atoms. The Morgan fingerprint density at radius 2 is 1.97 bits per heavy atom. The van der Waals surface area contributed by atoms with Gasteiger partial charge in [0.2, 0.25) is 5.06 Å². The van der Waals surface area contributed by atoms with Crippen LogP contribution in [0.3, 0.4) is 0 Å². The molecule has 1 aromatic carbocycles. The highest BCUT2D eigenvalue weighted by atomic mass is 32.1. The lowest BCUT2D eigenvalue weighted by Crippen LogP contribution is -2.30. The predicted molar refractivity (Wildman–Crippen MR) is 115 cm³/mol. The summed E-state index contributed by atoms with van der Waals surface area (Å²) in [6.07, 6.45) is 3.54. The second kappa shape index (κ2) is 9.36. The van der Waals surface area contributed by atoms with Gasteiger partial charge in [0.25, 0.3) is 5.91 Å². The van der Waals surface area contributed by atoms with Gasteiger partial charge in [0.1, 0.15) is 17.3 Å². The molecule has 10 heteroatoms. The quantitative estimate of drug-likeness (QED) is 0.535. The molecule has 7 nitrogen and oxygen atoms in total. The Bertz CT molecular complexity index is 1070. The van der Waals surface area contributed by atoms with Crippen LogP contribution in [0.4, 0.5) is 20.2 Å². The highest BCUT2D eigenvalue weighted by Crippen LogP contribution is 2.31. The largest absolute Gasteiger partial charge is 0.481 e. The van der Waals surface area contributed by atoms with E-state index in [0.717, 1.165) is 49.6 Å². The number of rotatable bonds is 6. The Labute approximate surface area is 181 Å². The van der Waals surface area contributed by atoms with Crippen molar-refractivity contribution in [1.82, 2.24) is 14.7 Å². The zero-order valence-corrected chi connectivity index (χ0v) is 17.3. The number of pyridine rings is 1. The molecule has 2 aromatic heterocycles. The summed E-state index contributed by atoms with van der Waals surface area (Å²) < 4.78 is 38.2. The van der Waals surface area contributed by atoms with Crippen molar-refractivity contribution in [3.05, 3.63) is 53.9 Å². The molecule has 1 aliphatic heterocycles. The molecular formula is C21H21F2N5O2S. The SMILES string of the molecule is Nc1ccc(-c2c(F)cccc2F)nc1C(=O)Nc1cnsc1OCC1CCNCC1. The lowest BCUT2D eigenvalue weighted by molar-refractivity contribution is 0.102. The van der Waals surface area contributed by atoms with E-state index in [1.54, 1.807) is 0 Å². The summed E-state index contributed by atoms with van der Waals surface area (Å²) >= 11 is 1.13. The van der Waals surface area contributed by atoms with Crippen molar-refractivity contribution in [2.45, 2.75) is 12.8 Å². The van der Waals surface area contributed by atoms with Gasteiger partial charge in [-0.2, -0.15) is 4.37 Å². The van der Waals surface area contributed by atoms with Crippen LogP contribution in [0.2, 0.25) is 0 Å². The van der Waals surface area contributed by atoms with Gasteiger partial charge in [-0.25, -0.2) is 13.8 Å². The van der Waals surface area contributed by atoms with Crippen molar-refractivity contribution in [1.29, 1.82) is 0 Å². The molecule has 0 saturated carbocycles. The fourth-order valence-corrected chi connectivity index (χ4v) is 3.95. The molecule has 1 aliphatic rings. The number of piperidine rings is 1. The van der Waals surface area contributed by atoms with Crippen LogP contribution in [0.1, 0.15) is 23.3 Å².